The Kier molecular flexibility index (Phi) is 3.99. The largest absolute Gasteiger partial charge is 0.423 e. The van der Waals surface area contributed by atoms with Crippen molar-refractivity contribution >= 4 is 29.4 Å². The molecule has 136 valence electrons. The summed E-state index contributed by atoms with van der Waals surface area (Å²) in [7, 11) is 0. The van der Waals surface area contributed by atoms with Gasteiger partial charge in [-0.25, -0.2) is 4.79 Å². The van der Waals surface area contributed by atoms with Crippen molar-refractivity contribution in [2.75, 3.05) is 5.32 Å². The normalized spacial score (nSPS) is 15.5. The van der Waals surface area contributed by atoms with E-state index in [9.17, 15) is 19.2 Å². The fourth-order valence-electron chi connectivity index (χ4n) is 3.03. The smallest absolute Gasteiger partial charge is 0.343 e. The van der Waals surface area contributed by atoms with Gasteiger partial charge in [0.1, 0.15) is 5.75 Å². The number of esters is 1. The minimum absolute atomic E-state index is 0.0186. The van der Waals surface area contributed by atoms with Crippen LogP contribution in [-0.2, 0) is 4.79 Å². The highest BCUT2D eigenvalue weighted by atomic mass is 16.5. The predicted molar refractivity (Wildman–Crippen MR) is 95.7 cm³/mol. The van der Waals surface area contributed by atoms with Gasteiger partial charge >= 0.3 is 5.97 Å². The van der Waals surface area contributed by atoms with Gasteiger partial charge in [0.15, 0.2) is 0 Å². The molecule has 2 aromatic rings. The van der Waals surface area contributed by atoms with Crippen molar-refractivity contribution in [3.63, 3.8) is 0 Å². The minimum Gasteiger partial charge on any atom is -0.423 e. The summed E-state index contributed by atoms with van der Waals surface area (Å²) in [5.41, 5.74) is 1.34. The molecule has 7 nitrogen and oxygen atoms in total. The molecule has 27 heavy (non-hydrogen) atoms. The van der Waals surface area contributed by atoms with Gasteiger partial charge < -0.3 is 10.1 Å². The molecule has 0 radical (unpaired) electrons. The molecule has 1 fully saturated rings. The van der Waals surface area contributed by atoms with Gasteiger partial charge in [0.2, 0.25) is 5.91 Å². The van der Waals surface area contributed by atoms with E-state index in [1.54, 1.807) is 24.3 Å². The van der Waals surface area contributed by atoms with Crippen LogP contribution in [0.3, 0.4) is 0 Å². The van der Waals surface area contributed by atoms with E-state index in [1.165, 1.54) is 30.0 Å². The quantitative estimate of drug-likeness (QED) is 0.511. The van der Waals surface area contributed by atoms with Gasteiger partial charge in [0, 0.05) is 18.7 Å². The molecule has 2 aromatic carbocycles. The average Bonchev–Trinajstić information content (AvgIpc) is 3.43. The van der Waals surface area contributed by atoms with Gasteiger partial charge in [-0.2, -0.15) is 0 Å². The van der Waals surface area contributed by atoms with Crippen LogP contribution in [0.2, 0.25) is 0 Å². The zero-order valence-electron chi connectivity index (χ0n) is 14.5. The SMILES string of the molecule is CC(=O)Nc1ccc(OC(=O)c2ccc3c(c2)C(=O)N(C2CC2)C3=O)cc1. The van der Waals surface area contributed by atoms with Crippen LogP contribution in [0.25, 0.3) is 0 Å². The minimum atomic E-state index is -0.629. The van der Waals surface area contributed by atoms with Crippen LogP contribution >= 0.6 is 0 Å². The number of ether oxygens (including phenoxy) is 1. The van der Waals surface area contributed by atoms with Gasteiger partial charge in [0.05, 0.1) is 16.7 Å². The van der Waals surface area contributed by atoms with Gasteiger partial charge in [-0.3, -0.25) is 19.3 Å². The lowest BCUT2D eigenvalue weighted by atomic mass is 10.1. The van der Waals surface area contributed by atoms with Crippen molar-refractivity contribution < 1.29 is 23.9 Å². The number of nitrogens with zero attached hydrogens (tertiary/aromatic N) is 1. The fraction of sp³-hybridized carbons (Fsp3) is 0.200. The van der Waals surface area contributed by atoms with Crippen LogP contribution in [0.5, 0.6) is 5.75 Å². The molecule has 1 aliphatic heterocycles. The van der Waals surface area contributed by atoms with Crippen LogP contribution in [0.4, 0.5) is 5.69 Å². The molecule has 1 heterocycles. The predicted octanol–water partition coefficient (Wildman–Crippen LogP) is 2.62. The number of carbonyl (C=O) groups is 4. The van der Waals surface area contributed by atoms with Crippen LogP contribution in [-0.4, -0.2) is 34.6 Å². The Labute approximate surface area is 154 Å². The summed E-state index contributed by atoms with van der Waals surface area (Å²) in [6.45, 7) is 1.40. The second-order valence-electron chi connectivity index (χ2n) is 6.57. The Morgan fingerprint density at radius 1 is 1.00 bits per heavy atom. The molecule has 1 N–H and O–H groups in total. The number of hydrogen-bond donors (Lipinski definition) is 1. The lowest BCUT2D eigenvalue weighted by molar-refractivity contribution is -0.114. The number of amides is 3. The Hall–Kier alpha value is -3.48. The first kappa shape index (κ1) is 17.0. The number of benzene rings is 2. The van der Waals surface area contributed by atoms with Crippen molar-refractivity contribution in [1.82, 2.24) is 4.90 Å². The Morgan fingerprint density at radius 2 is 1.67 bits per heavy atom. The molecule has 0 aromatic heterocycles. The van der Waals surface area contributed by atoms with Crippen LogP contribution in [0, 0.1) is 0 Å². The van der Waals surface area contributed by atoms with Crippen molar-refractivity contribution in [3.05, 3.63) is 59.2 Å². The Morgan fingerprint density at radius 3 is 2.30 bits per heavy atom. The molecule has 1 aliphatic carbocycles. The van der Waals surface area contributed by atoms with Crippen molar-refractivity contribution in [1.29, 1.82) is 0 Å². The van der Waals surface area contributed by atoms with E-state index in [0.29, 0.717) is 17.0 Å². The standard InChI is InChI=1S/C20H16N2O5/c1-11(23)21-13-3-7-15(8-4-13)27-20(26)12-2-9-16-17(10-12)19(25)22(18(16)24)14-5-6-14/h2-4,7-10,14H,5-6H2,1H3,(H,21,23). The summed E-state index contributed by atoms with van der Waals surface area (Å²) in [4.78, 5) is 49.5. The molecule has 0 spiro atoms. The number of fused-ring (bicyclic) bond motifs is 1. The second kappa shape index (κ2) is 6.35. The van der Waals surface area contributed by atoms with Crippen molar-refractivity contribution in [2.24, 2.45) is 0 Å². The number of hydrogen-bond acceptors (Lipinski definition) is 5. The van der Waals surface area contributed by atoms with Crippen molar-refractivity contribution in [2.45, 2.75) is 25.8 Å². The molecule has 4 rings (SSSR count). The Balaban J connectivity index is 1.51. The topological polar surface area (TPSA) is 92.8 Å². The van der Waals surface area contributed by atoms with E-state index in [2.05, 4.69) is 5.32 Å². The third kappa shape index (κ3) is 3.19. The van der Waals surface area contributed by atoms with Crippen molar-refractivity contribution in [3.8, 4) is 5.75 Å². The fourth-order valence-corrected chi connectivity index (χ4v) is 3.03. The molecule has 1 saturated carbocycles. The Bertz CT molecular complexity index is 976. The summed E-state index contributed by atoms with van der Waals surface area (Å²) >= 11 is 0. The van der Waals surface area contributed by atoms with E-state index in [0.717, 1.165) is 12.8 Å². The van der Waals surface area contributed by atoms with Crippen LogP contribution < -0.4 is 10.1 Å². The first-order chi connectivity index (χ1) is 12.9. The molecule has 0 saturated heterocycles. The summed E-state index contributed by atoms with van der Waals surface area (Å²) in [6.07, 6.45) is 1.66. The third-order valence-corrected chi connectivity index (χ3v) is 4.45. The third-order valence-electron chi connectivity index (χ3n) is 4.45. The van der Waals surface area contributed by atoms with E-state index < -0.39 is 5.97 Å². The zero-order chi connectivity index (χ0) is 19.1. The lowest BCUT2D eigenvalue weighted by Gasteiger charge is -2.11. The lowest BCUT2D eigenvalue weighted by Crippen LogP contribution is -2.31. The molecular formula is C20H16N2O5. The van der Waals surface area contributed by atoms with E-state index in [4.69, 9.17) is 4.74 Å². The highest BCUT2D eigenvalue weighted by molar-refractivity contribution is 6.22. The average molecular weight is 364 g/mol. The maximum absolute atomic E-state index is 12.5. The monoisotopic (exact) mass is 364 g/mol. The summed E-state index contributed by atoms with van der Waals surface area (Å²) in [5, 5.41) is 2.62. The van der Waals surface area contributed by atoms with Gasteiger partial charge in [-0.15, -0.1) is 0 Å². The molecule has 0 unspecified atom stereocenters. The summed E-state index contributed by atoms with van der Waals surface area (Å²) in [6, 6.07) is 10.7. The maximum atomic E-state index is 12.5. The first-order valence-corrected chi connectivity index (χ1v) is 8.56. The molecule has 3 amide bonds. The van der Waals surface area contributed by atoms with E-state index in [-0.39, 0.29) is 34.9 Å². The zero-order valence-corrected chi connectivity index (χ0v) is 14.5. The maximum Gasteiger partial charge on any atom is 0.343 e. The number of anilines is 1. The summed E-state index contributed by atoms with van der Waals surface area (Å²) in [5.74, 6) is -1.18. The number of nitrogens with one attached hydrogen (secondary N) is 1. The van der Waals surface area contributed by atoms with Gasteiger partial charge in [-0.1, -0.05) is 0 Å². The summed E-state index contributed by atoms with van der Waals surface area (Å²) < 4.78 is 5.31. The van der Waals surface area contributed by atoms with Gasteiger partial charge in [0.25, 0.3) is 11.8 Å². The number of carbonyl (C=O) groups excluding carboxylic acids is 4. The van der Waals surface area contributed by atoms with Gasteiger partial charge in [-0.05, 0) is 55.3 Å². The van der Waals surface area contributed by atoms with E-state index >= 15 is 0 Å². The highest BCUT2D eigenvalue weighted by Crippen LogP contribution is 2.35. The molecule has 0 atom stereocenters. The highest BCUT2D eigenvalue weighted by Gasteiger charge is 2.44. The first-order valence-electron chi connectivity index (χ1n) is 8.56. The number of rotatable bonds is 4. The van der Waals surface area contributed by atoms with Crippen LogP contribution in [0.15, 0.2) is 42.5 Å². The molecule has 0 bridgehead atoms. The van der Waals surface area contributed by atoms with E-state index in [1.807, 2.05) is 0 Å². The van der Waals surface area contributed by atoms with Crippen LogP contribution in [0.1, 0.15) is 50.8 Å². The second-order valence-corrected chi connectivity index (χ2v) is 6.57. The molecule has 7 heteroatoms. The number of imide groups is 1. The molecule has 2 aliphatic rings. The molecular weight excluding hydrogens is 348 g/mol.